The first kappa shape index (κ1) is 9.70. The van der Waals surface area contributed by atoms with E-state index in [0.29, 0.717) is 5.69 Å². The molecule has 0 spiro atoms. The van der Waals surface area contributed by atoms with Gasteiger partial charge in [-0.25, -0.2) is 4.98 Å². The van der Waals surface area contributed by atoms with E-state index in [1.165, 1.54) is 0 Å². The molecule has 1 N–H and O–H groups in total. The third kappa shape index (κ3) is 2.30. The highest BCUT2D eigenvalue weighted by Crippen LogP contribution is 2.08. The smallest absolute Gasteiger partial charge is 0.169 e. The fraction of sp³-hybridized carbons (Fsp3) is 0.500. The molecule has 12 heavy (non-hydrogen) atoms. The average molecular weight is 278 g/mol. The molecule has 66 valence electrons. The molecule has 0 aliphatic carbocycles. The third-order valence-corrected chi connectivity index (χ3v) is 2.44. The highest BCUT2D eigenvalue weighted by atomic mass is 127. The van der Waals surface area contributed by atoms with Crippen molar-refractivity contribution in [3.63, 3.8) is 0 Å². The van der Waals surface area contributed by atoms with E-state index in [2.05, 4.69) is 39.5 Å². The molecule has 0 amide bonds. The Balaban J connectivity index is 2.68. The summed E-state index contributed by atoms with van der Waals surface area (Å²) in [6.45, 7) is 2.13. The van der Waals surface area contributed by atoms with E-state index >= 15 is 0 Å². The predicted octanol–water partition coefficient (Wildman–Crippen LogP) is 2.17. The third-order valence-electron chi connectivity index (χ3n) is 1.62. The Morgan fingerprint density at radius 1 is 1.67 bits per heavy atom. The van der Waals surface area contributed by atoms with Crippen molar-refractivity contribution in [3.8, 4) is 0 Å². The lowest BCUT2D eigenvalue weighted by Crippen LogP contribution is -1.87. The lowest BCUT2D eigenvalue weighted by Gasteiger charge is -1.90. The molecule has 1 aromatic rings. The van der Waals surface area contributed by atoms with Crippen LogP contribution in [0.1, 0.15) is 36.1 Å². The number of nitrogens with zero attached hydrogens (tertiary/aromatic N) is 1. The van der Waals surface area contributed by atoms with Crippen LogP contribution in [0.2, 0.25) is 0 Å². The molecule has 0 unspecified atom stereocenters. The van der Waals surface area contributed by atoms with Crippen LogP contribution in [0.25, 0.3) is 0 Å². The van der Waals surface area contributed by atoms with Gasteiger partial charge in [0.2, 0.25) is 0 Å². The first-order valence-corrected chi connectivity index (χ1v) is 5.05. The summed E-state index contributed by atoms with van der Waals surface area (Å²) >= 11 is 2.06. The zero-order chi connectivity index (χ0) is 8.97. The van der Waals surface area contributed by atoms with E-state index in [-0.39, 0.29) is 0 Å². The Bertz CT molecular complexity index is 270. The number of aryl methyl sites for hydroxylation is 1. The minimum atomic E-state index is 0.599. The van der Waals surface area contributed by atoms with Gasteiger partial charge in [-0.15, -0.1) is 0 Å². The van der Waals surface area contributed by atoms with Gasteiger partial charge in [0.15, 0.2) is 6.29 Å². The monoisotopic (exact) mass is 278 g/mol. The van der Waals surface area contributed by atoms with E-state index in [1.54, 1.807) is 0 Å². The largest absolute Gasteiger partial charge is 0.339 e. The first-order chi connectivity index (χ1) is 5.77. The Labute approximate surface area is 85.1 Å². The molecule has 1 aromatic heterocycles. The van der Waals surface area contributed by atoms with Gasteiger partial charge in [-0.1, -0.05) is 13.3 Å². The van der Waals surface area contributed by atoms with Crippen molar-refractivity contribution in [2.24, 2.45) is 0 Å². The number of imidazole rings is 1. The molecule has 4 heteroatoms. The second kappa shape index (κ2) is 4.59. The number of aldehydes is 1. The molecule has 0 saturated heterocycles. The van der Waals surface area contributed by atoms with Gasteiger partial charge in [0.25, 0.3) is 0 Å². The van der Waals surface area contributed by atoms with Crippen molar-refractivity contribution < 1.29 is 4.79 Å². The number of H-pyrrole nitrogens is 1. The standard InChI is InChI=1S/C8H11IN2O/c1-2-3-4-7-10-6(5-12)8(9)11-7/h5H,2-4H2,1H3,(H,10,11). The highest BCUT2D eigenvalue weighted by molar-refractivity contribution is 14.1. The fourth-order valence-corrected chi connectivity index (χ4v) is 1.51. The summed E-state index contributed by atoms with van der Waals surface area (Å²) < 4.78 is 0.772. The molecule has 0 radical (unpaired) electrons. The Morgan fingerprint density at radius 3 is 2.92 bits per heavy atom. The fourth-order valence-electron chi connectivity index (χ4n) is 0.954. The van der Waals surface area contributed by atoms with Crippen molar-refractivity contribution in [1.29, 1.82) is 0 Å². The SMILES string of the molecule is CCCCc1nc(I)c(C=O)[nH]1. The molecular formula is C8H11IN2O. The molecule has 0 fully saturated rings. The molecule has 0 saturated carbocycles. The Kier molecular flexibility index (Phi) is 3.71. The lowest BCUT2D eigenvalue weighted by atomic mass is 10.2. The summed E-state index contributed by atoms with van der Waals surface area (Å²) in [5.41, 5.74) is 0.599. The number of aromatic nitrogens is 2. The van der Waals surface area contributed by atoms with Crippen molar-refractivity contribution in [2.45, 2.75) is 26.2 Å². The molecule has 1 heterocycles. The number of rotatable bonds is 4. The molecular weight excluding hydrogens is 267 g/mol. The zero-order valence-electron chi connectivity index (χ0n) is 6.93. The van der Waals surface area contributed by atoms with E-state index in [0.717, 1.165) is 35.1 Å². The van der Waals surface area contributed by atoms with Crippen LogP contribution < -0.4 is 0 Å². The van der Waals surface area contributed by atoms with Gasteiger partial charge in [0.1, 0.15) is 15.2 Å². The molecule has 0 atom stereocenters. The van der Waals surface area contributed by atoms with Crippen LogP contribution in [0.5, 0.6) is 0 Å². The minimum absolute atomic E-state index is 0.599. The summed E-state index contributed by atoms with van der Waals surface area (Å²) in [5, 5.41) is 0. The minimum Gasteiger partial charge on any atom is -0.339 e. The molecule has 1 rings (SSSR count). The van der Waals surface area contributed by atoms with E-state index in [1.807, 2.05) is 0 Å². The number of hydrogen-bond acceptors (Lipinski definition) is 2. The van der Waals surface area contributed by atoms with Crippen molar-refractivity contribution in [3.05, 3.63) is 15.2 Å². The number of aromatic amines is 1. The van der Waals surface area contributed by atoms with Crippen LogP contribution in [0.3, 0.4) is 0 Å². The van der Waals surface area contributed by atoms with Gasteiger partial charge < -0.3 is 4.98 Å². The van der Waals surface area contributed by atoms with Gasteiger partial charge in [-0.3, -0.25) is 4.79 Å². The van der Waals surface area contributed by atoms with Crippen molar-refractivity contribution in [1.82, 2.24) is 9.97 Å². The van der Waals surface area contributed by atoms with Gasteiger partial charge in [-0.05, 0) is 29.0 Å². The summed E-state index contributed by atoms with van der Waals surface area (Å²) in [6, 6.07) is 0. The molecule has 3 nitrogen and oxygen atoms in total. The summed E-state index contributed by atoms with van der Waals surface area (Å²) in [4.78, 5) is 17.6. The van der Waals surface area contributed by atoms with E-state index in [4.69, 9.17) is 0 Å². The maximum atomic E-state index is 10.4. The first-order valence-electron chi connectivity index (χ1n) is 3.97. The Morgan fingerprint density at radius 2 is 2.42 bits per heavy atom. The number of unbranched alkanes of at least 4 members (excludes halogenated alkanes) is 1. The molecule has 0 aliphatic heterocycles. The Hall–Kier alpha value is -0.390. The molecule has 0 bridgehead atoms. The number of carbonyl (C=O) groups is 1. The lowest BCUT2D eigenvalue weighted by molar-refractivity contribution is 0.111. The van der Waals surface area contributed by atoms with Crippen LogP contribution in [-0.4, -0.2) is 16.3 Å². The van der Waals surface area contributed by atoms with Gasteiger partial charge in [0, 0.05) is 6.42 Å². The average Bonchev–Trinajstić information content (AvgIpc) is 2.43. The topological polar surface area (TPSA) is 45.8 Å². The summed E-state index contributed by atoms with van der Waals surface area (Å²) in [6.07, 6.45) is 4.00. The van der Waals surface area contributed by atoms with E-state index < -0.39 is 0 Å². The van der Waals surface area contributed by atoms with Gasteiger partial charge in [-0.2, -0.15) is 0 Å². The quantitative estimate of drug-likeness (QED) is 0.677. The number of hydrogen-bond donors (Lipinski definition) is 1. The summed E-state index contributed by atoms with van der Waals surface area (Å²) in [5.74, 6) is 0.920. The maximum absolute atomic E-state index is 10.4. The van der Waals surface area contributed by atoms with Gasteiger partial charge in [0.05, 0.1) is 0 Å². The predicted molar refractivity (Wildman–Crippen MR) is 55.3 cm³/mol. The number of nitrogens with one attached hydrogen (secondary N) is 1. The van der Waals surface area contributed by atoms with Crippen LogP contribution in [0, 0.1) is 3.70 Å². The molecule has 0 aliphatic rings. The van der Waals surface area contributed by atoms with Crippen LogP contribution in [0.15, 0.2) is 0 Å². The number of halogens is 1. The number of carbonyl (C=O) groups excluding carboxylic acids is 1. The normalized spacial score (nSPS) is 10.2. The maximum Gasteiger partial charge on any atom is 0.169 e. The second-order valence-electron chi connectivity index (χ2n) is 2.61. The van der Waals surface area contributed by atoms with Crippen LogP contribution >= 0.6 is 22.6 Å². The van der Waals surface area contributed by atoms with Crippen molar-refractivity contribution >= 4 is 28.9 Å². The highest BCUT2D eigenvalue weighted by Gasteiger charge is 2.04. The second-order valence-corrected chi connectivity index (χ2v) is 3.63. The van der Waals surface area contributed by atoms with Gasteiger partial charge >= 0.3 is 0 Å². The molecule has 0 aromatic carbocycles. The summed E-state index contributed by atoms with van der Waals surface area (Å²) in [7, 11) is 0. The zero-order valence-corrected chi connectivity index (χ0v) is 9.09. The van der Waals surface area contributed by atoms with Crippen molar-refractivity contribution in [2.75, 3.05) is 0 Å². The van der Waals surface area contributed by atoms with Crippen LogP contribution in [-0.2, 0) is 6.42 Å². The van der Waals surface area contributed by atoms with E-state index in [9.17, 15) is 4.79 Å². The van der Waals surface area contributed by atoms with Crippen LogP contribution in [0.4, 0.5) is 0 Å².